The molecule has 2 aliphatic heterocycles. The molecule has 138 valence electrons. The van der Waals surface area contributed by atoms with Gasteiger partial charge in [-0.25, -0.2) is 8.42 Å². The zero-order valence-corrected chi connectivity index (χ0v) is 16.4. The number of carbonyl (C=O) groups excluding carboxylic acids is 1. The van der Waals surface area contributed by atoms with Crippen LogP contribution in [0.25, 0.3) is 0 Å². The Morgan fingerprint density at radius 3 is 2.64 bits per heavy atom. The van der Waals surface area contributed by atoms with Crippen LogP contribution < -0.4 is 5.32 Å². The second-order valence-electron chi connectivity index (χ2n) is 6.68. The lowest BCUT2D eigenvalue weighted by Crippen LogP contribution is -2.45. The summed E-state index contributed by atoms with van der Waals surface area (Å²) in [6, 6.07) is 7.27. The molecule has 1 amide bonds. The molecule has 2 heterocycles. The normalized spacial score (nSPS) is 25.4. The van der Waals surface area contributed by atoms with Crippen molar-refractivity contribution in [1.82, 2.24) is 4.90 Å². The summed E-state index contributed by atoms with van der Waals surface area (Å²) >= 11 is 3.36. The highest BCUT2D eigenvalue weighted by atomic mass is 79.9. The fourth-order valence-corrected chi connectivity index (χ4v) is 5.40. The lowest BCUT2D eigenvalue weighted by Gasteiger charge is -2.29. The zero-order chi connectivity index (χ0) is 17.9. The van der Waals surface area contributed by atoms with Crippen LogP contribution in [0.15, 0.2) is 28.7 Å². The number of anilines is 1. The van der Waals surface area contributed by atoms with Gasteiger partial charge in [-0.1, -0.05) is 15.9 Å². The summed E-state index contributed by atoms with van der Waals surface area (Å²) in [5.74, 6) is 0.198. The van der Waals surface area contributed by atoms with Crippen molar-refractivity contribution in [3.63, 3.8) is 0 Å². The summed E-state index contributed by atoms with van der Waals surface area (Å²) in [6.45, 7) is 1.52. The summed E-state index contributed by atoms with van der Waals surface area (Å²) in [4.78, 5) is 14.4. The number of benzene rings is 1. The second-order valence-corrected chi connectivity index (χ2v) is 9.82. The standard InChI is InChI=1S/C17H23BrN2O4S/c18-13-3-5-14(6-4-13)19-17(21)11-20(10-16-2-1-8-24-16)15-7-9-25(22,23)12-15/h3-6,15-16H,1-2,7-12H2,(H,19,21). The van der Waals surface area contributed by atoms with E-state index < -0.39 is 9.84 Å². The lowest BCUT2D eigenvalue weighted by atomic mass is 10.1. The maximum absolute atomic E-state index is 12.4. The number of ether oxygens (including phenoxy) is 1. The molecule has 3 rings (SSSR count). The summed E-state index contributed by atoms with van der Waals surface area (Å²) in [6.07, 6.45) is 2.65. The number of nitrogens with zero attached hydrogens (tertiary/aromatic N) is 1. The number of hydrogen-bond donors (Lipinski definition) is 1. The Morgan fingerprint density at radius 2 is 2.04 bits per heavy atom. The Kier molecular flexibility index (Phi) is 6.14. The molecule has 0 aromatic heterocycles. The van der Waals surface area contributed by atoms with E-state index in [1.807, 2.05) is 29.2 Å². The van der Waals surface area contributed by atoms with Crippen LogP contribution in [0.1, 0.15) is 19.3 Å². The minimum absolute atomic E-state index is 0.0868. The Hall–Kier alpha value is -0.960. The molecular formula is C17H23BrN2O4S. The Bertz CT molecular complexity index is 702. The van der Waals surface area contributed by atoms with E-state index in [1.54, 1.807) is 0 Å². The van der Waals surface area contributed by atoms with E-state index in [4.69, 9.17) is 4.74 Å². The van der Waals surface area contributed by atoms with E-state index in [2.05, 4.69) is 21.2 Å². The van der Waals surface area contributed by atoms with Crippen LogP contribution in [0.4, 0.5) is 5.69 Å². The van der Waals surface area contributed by atoms with Crippen LogP contribution in [-0.4, -0.2) is 62.6 Å². The average molecular weight is 431 g/mol. The third-order valence-corrected chi connectivity index (χ3v) is 6.94. The molecule has 0 radical (unpaired) electrons. The van der Waals surface area contributed by atoms with Gasteiger partial charge in [0.25, 0.3) is 0 Å². The molecule has 6 nitrogen and oxygen atoms in total. The molecule has 2 unspecified atom stereocenters. The van der Waals surface area contributed by atoms with Crippen LogP contribution in [0.5, 0.6) is 0 Å². The van der Waals surface area contributed by atoms with E-state index in [0.717, 1.165) is 29.6 Å². The first-order chi connectivity index (χ1) is 11.9. The fourth-order valence-electron chi connectivity index (χ4n) is 3.37. The smallest absolute Gasteiger partial charge is 0.238 e. The van der Waals surface area contributed by atoms with Crippen LogP contribution in [0.3, 0.4) is 0 Å². The molecule has 1 N–H and O–H groups in total. The number of nitrogens with one attached hydrogen (secondary N) is 1. The molecule has 0 saturated carbocycles. The molecule has 2 atom stereocenters. The maximum Gasteiger partial charge on any atom is 0.238 e. The van der Waals surface area contributed by atoms with E-state index in [9.17, 15) is 13.2 Å². The molecule has 2 aliphatic rings. The number of amides is 1. The highest BCUT2D eigenvalue weighted by Crippen LogP contribution is 2.21. The lowest BCUT2D eigenvalue weighted by molar-refractivity contribution is -0.118. The van der Waals surface area contributed by atoms with E-state index >= 15 is 0 Å². The van der Waals surface area contributed by atoms with Crippen LogP contribution in [-0.2, 0) is 19.4 Å². The van der Waals surface area contributed by atoms with Gasteiger partial charge in [-0.15, -0.1) is 0 Å². The van der Waals surface area contributed by atoms with Gasteiger partial charge in [0.1, 0.15) is 0 Å². The number of carbonyl (C=O) groups is 1. The van der Waals surface area contributed by atoms with Crippen LogP contribution in [0.2, 0.25) is 0 Å². The highest BCUT2D eigenvalue weighted by Gasteiger charge is 2.34. The van der Waals surface area contributed by atoms with Gasteiger partial charge in [-0.2, -0.15) is 0 Å². The highest BCUT2D eigenvalue weighted by molar-refractivity contribution is 9.10. The zero-order valence-electron chi connectivity index (χ0n) is 14.0. The quantitative estimate of drug-likeness (QED) is 0.747. The molecular weight excluding hydrogens is 408 g/mol. The molecule has 1 aromatic rings. The molecule has 2 saturated heterocycles. The number of halogens is 1. The van der Waals surface area contributed by atoms with Gasteiger partial charge in [0.05, 0.1) is 24.2 Å². The van der Waals surface area contributed by atoms with Crippen molar-refractivity contribution < 1.29 is 17.9 Å². The Morgan fingerprint density at radius 1 is 1.28 bits per heavy atom. The largest absolute Gasteiger partial charge is 0.377 e. The van der Waals surface area contributed by atoms with Gasteiger partial charge in [0, 0.05) is 29.4 Å². The van der Waals surface area contributed by atoms with Gasteiger partial charge in [-0.3, -0.25) is 9.69 Å². The SMILES string of the molecule is O=C(CN(CC1CCCO1)C1CCS(=O)(=O)C1)Nc1ccc(Br)cc1. The van der Waals surface area contributed by atoms with E-state index in [1.165, 1.54) is 0 Å². The first-order valence-corrected chi connectivity index (χ1v) is 11.1. The van der Waals surface area contributed by atoms with E-state index in [-0.39, 0.29) is 36.1 Å². The summed E-state index contributed by atoms with van der Waals surface area (Å²) < 4.78 is 30.3. The molecule has 0 aliphatic carbocycles. The molecule has 2 fully saturated rings. The van der Waals surface area contributed by atoms with Crippen LogP contribution in [0, 0.1) is 0 Å². The molecule has 1 aromatic carbocycles. The third kappa shape index (κ3) is 5.51. The molecule has 25 heavy (non-hydrogen) atoms. The van der Waals surface area contributed by atoms with Gasteiger partial charge in [0.15, 0.2) is 9.84 Å². The van der Waals surface area contributed by atoms with Gasteiger partial charge in [-0.05, 0) is 43.5 Å². The first kappa shape index (κ1) is 18.8. The predicted molar refractivity (Wildman–Crippen MR) is 100 cm³/mol. The minimum atomic E-state index is -2.99. The van der Waals surface area contributed by atoms with Crippen LogP contribution >= 0.6 is 15.9 Å². The third-order valence-electron chi connectivity index (χ3n) is 4.66. The number of hydrogen-bond acceptors (Lipinski definition) is 5. The predicted octanol–water partition coefficient (Wildman–Crippen LogP) is 2.06. The van der Waals surface area contributed by atoms with Crippen molar-refractivity contribution >= 4 is 37.4 Å². The van der Waals surface area contributed by atoms with Crippen molar-refractivity contribution in [2.45, 2.75) is 31.4 Å². The Labute approximate surface area is 157 Å². The summed E-state index contributed by atoms with van der Waals surface area (Å²) in [7, 11) is -2.99. The Balaban J connectivity index is 1.63. The molecule has 0 bridgehead atoms. The van der Waals surface area contributed by atoms with Crippen molar-refractivity contribution in [3.05, 3.63) is 28.7 Å². The fraction of sp³-hybridized carbons (Fsp3) is 0.588. The number of rotatable bonds is 6. The first-order valence-electron chi connectivity index (χ1n) is 8.53. The van der Waals surface area contributed by atoms with Crippen molar-refractivity contribution in [2.24, 2.45) is 0 Å². The maximum atomic E-state index is 12.4. The monoisotopic (exact) mass is 430 g/mol. The van der Waals surface area contributed by atoms with Crippen molar-refractivity contribution in [1.29, 1.82) is 0 Å². The van der Waals surface area contributed by atoms with E-state index in [0.29, 0.717) is 13.0 Å². The molecule has 0 spiro atoms. The summed E-state index contributed by atoms with van der Waals surface area (Å²) in [5.41, 5.74) is 0.726. The van der Waals surface area contributed by atoms with Crippen molar-refractivity contribution in [3.8, 4) is 0 Å². The van der Waals surface area contributed by atoms with Crippen molar-refractivity contribution in [2.75, 3.05) is 36.5 Å². The summed E-state index contributed by atoms with van der Waals surface area (Å²) in [5, 5.41) is 2.88. The van der Waals surface area contributed by atoms with Gasteiger partial charge >= 0.3 is 0 Å². The topological polar surface area (TPSA) is 75.7 Å². The minimum Gasteiger partial charge on any atom is -0.377 e. The van der Waals surface area contributed by atoms with Gasteiger partial charge in [0.2, 0.25) is 5.91 Å². The number of sulfone groups is 1. The average Bonchev–Trinajstić information content (AvgIpc) is 3.18. The molecule has 8 heteroatoms. The van der Waals surface area contributed by atoms with Gasteiger partial charge < -0.3 is 10.1 Å². The second kappa shape index (κ2) is 8.16.